The molecule has 5 saturated heterocycles. The van der Waals surface area contributed by atoms with E-state index in [1.807, 2.05) is 22.2 Å². The van der Waals surface area contributed by atoms with Gasteiger partial charge in [-0.25, -0.2) is 19.6 Å². The van der Waals surface area contributed by atoms with E-state index in [1.54, 1.807) is 0 Å². The van der Waals surface area contributed by atoms with E-state index in [-0.39, 0.29) is 58.6 Å². The summed E-state index contributed by atoms with van der Waals surface area (Å²) < 4.78 is 21.1. The lowest BCUT2D eigenvalue weighted by Gasteiger charge is -2.35. The molecule has 3 saturated carbocycles. The maximum absolute atomic E-state index is 14.4. The standard InChI is InChI=1S/C52H58N8O8/c1-51-23-37(59(38(51)24-51)47(61)41(57-49(63)65-3)29-13-17-67-18-14-29)45-53-25-35(55-45)28-7-5-27(6-8-28)31-9-10-33-22-34(12-11-32(33)21-31)36-26-54-46(56-36)43-39-40-44(52(39,40)2)60(43)48(62)42(58-50(64)66-4)30-15-19-68-20-16-30/h5-12,21-22,25-26,29-30,37-44H,13-20,23-24H2,1-4H3,(H,53,55)(H,54,56)(H,57,63)(H,58,64)/t37-,38-,39?,40?,41-,42-,43-,44-,51+,52+/m0/s1. The Hall–Kier alpha value is -6.26. The first kappa shape index (κ1) is 43.0. The number of carbonyl (C=O) groups is 4. The largest absolute Gasteiger partial charge is 0.453 e. The second-order valence-electron chi connectivity index (χ2n) is 20.7. The molecule has 5 aromatic rings. The molecule has 4 N–H and O–H groups in total. The predicted molar refractivity (Wildman–Crippen MR) is 249 cm³/mol. The summed E-state index contributed by atoms with van der Waals surface area (Å²) in [5.74, 6) is 2.15. The van der Waals surface area contributed by atoms with E-state index in [4.69, 9.17) is 28.9 Å². The summed E-state index contributed by atoms with van der Waals surface area (Å²) in [4.78, 5) is 74.6. The summed E-state index contributed by atoms with van der Waals surface area (Å²) in [5.41, 5.74) is 6.07. The first-order chi connectivity index (χ1) is 33.0. The molecule has 7 heterocycles. The molecule has 10 atom stereocenters. The van der Waals surface area contributed by atoms with E-state index in [0.29, 0.717) is 63.9 Å². The van der Waals surface area contributed by atoms with Gasteiger partial charge in [-0.15, -0.1) is 0 Å². The molecule has 2 unspecified atom stereocenters. The number of alkyl carbamates (subject to hydrolysis) is 2. The Bertz CT molecular complexity index is 2820. The molecule has 8 aliphatic rings. The number of aromatic amines is 2. The van der Waals surface area contributed by atoms with Crippen LogP contribution in [0.1, 0.15) is 76.1 Å². The van der Waals surface area contributed by atoms with Crippen LogP contribution in [0.4, 0.5) is 9.59 Å². The van der Waals surface area contributed by atoms with Crippen LogP contribution < -0.4 is 10.6 Å². The van der Waals surface area contributed by atoms with Crippen LogP contribution in [0.25, 0.3) is 44.4 Å². The molecule has 68 heavy (non-hydrogen) atoms. The van der Waals surface area contributed by atoms with Crippen molar-refractivity contribution >= 4 is 34.8 Å². The molecule has 8 fully saturated rings. The highest BCUT2D eigenvalue weighted by atomic mass is 16.5. The molecule has 2 aromatic heterocycles. The van der Waals surface area contributed by atoms with Crippen LogP contribution in [0.5, 0.6) is 0 Å². The molecule has 13 rings (SSSR count). The third-order valence-corrected chi connectivity index (χ3v) is 17.1. The average molecular weight is 923 g/mol. The Balaban J connectivity index is 0.739. The number of hydrogen-bond acceptors (Lipinski definition) is 10. The zero-order valence-corrected chi connectivity index (χ0v) is 38.8. The van der Waals surface area contributed by atoms with E-state index >= 15 is 0 Å². The third-order valence-electron chi connectivity index (χ3n) is 17.1. The van der Waals surface area contributed by atoms with Gasteiger partial charge in [0.05, 0.1) is 50.1 Å². The molecule has 3 aliphatic carbocycles. The zero-order chi connectivity index (χ0) is 46.6. The van der Waals surface area contributed by atoms with Crippen molar-refractivity contribution in [2.45, 2.75) is 88.6 Å². The van der Waals surface area contributed by atoms with Gasteiger partial charge in [-0.1, -0.05) is 62.4 Å². The fraction of sp³-hybridized carbons (Fsp3) is 0.500. The van der Waals surface area contributed by atoms with Gasteiger partial charge in [-0.05, 0) is 113 Å². The van der Waals surface area contributed by atoms with Gasteiger partial charge < -0.3 is 49.3 Å². The molecule has 0 radical (unpaired) electrons. The number of likely N-dealkylation sites (tertiary alicyclic amines) is 1. The highest BCUT2D eigenvalue weighted by Crippen LogP contribution is 2.90. The topological polar surface area (TPSA) is 193 Å². The van der Waals surface area contributed by atoms with Crippen molar-refractivity contribution in [3.63, 3.8) is 0 Å². The Morgan fingerprint density at radius 3 is 1.76 bits per heavy atom. The van der Waals surface area contributed by atoms with E-state index < -0.39 is 24.3 Å². The highest BCUT2D eigenvalue weighted by molar-refractivity contribution is 5.91. The van der Waals surface area contributed by atoms with E-state index in [2.05, 4.69) is 95.1 Å². The molecule has 0 spiro atoms. The van der Waals surface area contributed by atoms with Crippen molar-refractivity contribution in [2.75, 3.05) is 40.6 Å². The van der Waals surface area contributed by atoms with Crippen LogP contribution in [0.15, 0.2) is 73.1 Å². The SMILES string of the molecule is COC(=O)N[C@H](C(=O)N1[C@H](c2ncc(-c3ccc4cc(-c5ccc(-c6cnc([C@@H]7C[C@]8(C)C[C@@H]8N7C(=O)[C@@H](NC(=O)OC)C7CCOCC7)[nH]6)cc5)ccc4c3)[nH]2)C2C3[C@H]1[C@]23C)C1CCOCC1. The summed E-state index contributed by atoms with van der Waals surface area (Å²) in [6.07, 6.45) is 7.05. The number of carbonyl (C=O) groups excluding carboxylic acids is 4. The van der Waals surface area contributed by atoms with Crippen molar-refractivity contribution in [3.8, 4) is 33.6 Å². The molecule has 354 valence electrons. The van der Waals surface area contributed by atoms with Gasteiger partial charge in [0.25, 0.3) is 0 Å². The predicted octanol–water partition coefficient (Wildman–Crippen LogP) is 7.16. The van der Waals surface area contributed by atoms with E-state index in [1.165, 1.54) is 14.2 Å². The van der Waals surface area contributed by atoms with Crippen molar-refractivity contribution in [1.82, 2.24) is 40.4 Å². The molecule has 2 bridgehead atoms. The number of piperidine rings is 2. The van der Waals surface area contributed by atoms with Crippen LogP contribution in [-0.2, 0) is 28.5 Å². The number of methoxy groups -OCH3 is 2. The second-order valence-corrected chi connectivity index (χ2v) is 20.7. The minimum absolute atomic E-state index is 0.0212. The minimum Gasteiger partial charge on any atom is -0.453 e. The van der Waals surface area contributed by atoms with Gasteiger partial charge in [0.2, 0.25) is 11.8 Å². The molecule has 3 aromatic carbocycles. The molecular weight excluding hydrogens is 865 g/mol. The maximum atomic E-state index is 14.4. The number of ether oxygens (including phenoxy) is 4. The fourth-order valence-electron chi connectivity index (χ4n) is 13.0. The Kier molecular flexibility index (Phi) is 10.2. The van der Waals surface area contributed by atoms with Gasteiger partial charge in [0, 0.05) is 44.1 Å². The number of imidazole rings is 2. The number of amides is 4. The molecule has 16 nitrogen and oxygen atoms in total. The zero-order valence-electron chi connectivity index (χ0n) is 38.8. The summed E-state index contributed by atoms with van der Waals surface area (Å²) in [7, 11) is 2.65. The number of rotatable bonds is 11. The van der Waals surface area contributed by atoms with Gasteiger partial charge in [-0.3, -0.25) is 9.59 Å². The van der Waals surface area contributed by atoms with Gasteiger partial charge in [0.15, 0.2) is 0 Å². The summed E-state index contributed by atoms with van der Waals surface area (Å²) in [6, 6.07) is 19.8. The Morgan fingerprint density at radius 1 is 0.662 bits per heavy atom. The Morgan fingerprint density at radius 2 is 1.16 bits per heavy atom. The number of benzene rings is 3. The lowest BCUT2D eigenvalue weighted by Crippen LogP contribution is -2.54. The summed E-state index contributed by atoms with van der Waals surface area (Å²) in [6.45, 7) is 6.75. The monoisotopic (exact) mass is 922 g/mol. The molecule has 5 aliphatic heterocycles. The number of nitrogens with zero attached hydrogens (tertiary/aromatic N) is 4. The van der Waals surface area contributed by atoms with Crippen molar-refractivity contribution in [1.29, 1.82) is 0 Å². The average Bonchev–Trinajstić information content (AvgIpc) is 3.93. The molecular formula is C52H58N8O8. The fourth-order valence-corrected chi connectivity index (χ4v) is 13.0. The smallest absolute Gasteiger partial charge is 0.407 e. The van der Waals surface area contributed by atoms with Crippen LogP contribution >= 0.6 is 0 Å². The van der Waals surface area contributed by atoms with Crippen molar-refractivity contribution < 1.29 is 38.1 Å². The van der Waals surface area contributed by atoms with Crippen LogP contribution in [-0.4, -0.2) is 119 Å². The van der Waals surface area contributed by atoms with Gasteiger partial charge >= 0.3 is 12.2 Å². The number of hydrogen-bond donors (Lipinski definition) is 4. The number of H-pyrrole nitrogens is 2. The van der Waals surface area contributed by atoms with Gasteiger partial charge in [0.1, 0.15) is 23.7 Å². The van der Waals surface area contributed by atoms with Crippen molar-refractivity contribution in [3.05, 3.63) is 84.7 Å². The minimum atomic E-state index is -0.690. The lowest BCUT2D eigenvalue weighted by atomic mass is 9.90. The first-order valence-electron chi connectivity index (χ1n) is 24.2. The first-order valence-corrected chi connectivity index (χ1v) is 24.2. The number of nitrogens with one attached hydrogen (secondary N) is 4. The third kappa shape index (κ3) is 6.99. The van der Waals surface area contributed by atoms with E-state index in [9.17, 15) is 19.2 Å². The number of fused-ring (bicyclic) bond motifs is 3. The van der Waals surface area contributed by atoms with Crippen LogP contribution in [0, 0.1) is 34.5 Å². The van der Waals surface area contributed by atoms with E-state index in [0.717, 1.165) is 68.9 Å². The van der Waals surface area contributed by atoms with Crippen molar-refractivity contribution in [2.24, 2.45) is 34.5 Å². The summed E-state index contributed by atoms with van der Waals surface area (Å²) in [5, 5.41) is 7.96. The molecule has 4 amide bonds. The summed E-state index contributed by atoms with van der Waals surface area (Å²) >= 11 is 0. The lowest BCUT2D eigenvalue weighted by molar-refractivity contribution is -0.138. The highest BCUT2D eigenvalue weighted by Gasteiger charge is 2.94. The Labute approximate surface area is 394 Å². The normalized spacial score (nSPS) is 30.0. The quantitative estimate of drug-likeness (QED) is 0.106. The number of aromatic nitrogens is 4. The van der Waals surface area contributed by atoms with Gasteiger partial charge in [-0.2, -0.15) is 0 Å². The van der Waals surface area contributed by atoms with Crippen LogP contribution in [0.3, 0.4) is 0 Å². The maximum Gasteiger partial charge on any atom is 0.407 e. The van der Waals surface area contributed by atoms with Crippen LogP contribution in [0.2, 0.25) is 0 Å². The second kappa shape index (κ2) is 16.2. The molecule has 16 heteroatoms.